The fourth-order valence-corrected chi connectivity index (χ4v) is 4.00. The summed E-state index contributed by atoms with van der Waals surface area (Å²) in [4.78, 5) is 2.34. The van der Waals surface area contributed by atoms with Gasteiger partial charge in [0.1, 0.15) is 0 Å². The zero-order chi connectivity index (χ0) is 14.0. The van der Waals surface area contributed by atoms with Crippen LogP contribution in [-0.2, 0) is 5.41 Å². The van der Waals surface area contributed by atoms with Crippen LogP contribution in [-0.4, -0.2) is 4.93 Å². The van der Waals surface area contributed by atoms with E-state index >= 15 is 0 Å². The number of hydrogen-bond donors (Lipinski definition) is 0. The molecular formula is C18H22I-. The minimum atomic E-state index is 0.0784. The van der Waals surface area contributed by atoms with Crippen molar-refractivity contribution in [2.45, 2.75) is 33.1 Å². The molecule has 0 N–H and O–H groups in total. The number of benzene rings is 2. The molecule has 0 aliphatic carbocycles. The van der Waals surface area contributed by atoms with Gasteiger partial charge in [0.2, 0.25) is 0 Å². The Bertz CT molecular complexity index is 565. The zero-order valence-corrected chi connectivity index (χ0v) is 14.6. The standard InChI is InChI=1S/C18H22I/c1-13-6-9-15(10-7-13)18(3,4)16-11-8-14(2)17(12-16)19-5/h6-12H,1-5H3/q-1. The molecule has 0 radical (unpaired) electrons. The average molecular weight is 365 g/mol. The SMILES string of the molecule is C[I-]c1cc(C(C)(C)c2ccc(C)cc2)ccc1C. The summed E-state index contributed by atoms with van der Waals surface area (Å²) in [5.41, 5.74) is 5.66. The molecule has 2 aromatic carbocycles. The number of aryl methyl sites for hydroxylation is 2. The first kappa shape index (κ1) is 14.6. The molecule has 0 unspecified atom stereocenters. The van der Waals surface area contributed by atoms with Crippen molar-refractivity contribution in [1.29, 1.82) is 0 Å². The van der Waals surface area contributed by atoms with Gasteiger partial charge in [0, 0.05) is 0 Å². The van der Waals surface area contributed by atoms with Crippen molar-refractivity contribution in [3.8, 4) is 0 Å². The van der Waals surface area contributed by atoms with Crippen LogP contribution in [0.15, 0.2) is 42.5 Å². The molecule has 0 aromatic heterocycles. The van der Waals surface area contributed by atoms with Gasteiger partial charge in [-0.2, -0.15) is 0 Å². The third-order valence-electron chi connectivity index (χ3n) is 3.87. The Morgan fingerprint density at radius 1 is 0.842 bits per heavy atom. The van der Waals surface area contributed by atoms with Crippen LogP contribution in [0.3, 0.4) is 0 Å². The summed E-state index contributed by atoms with van der Waals surface area (Å²) >= 11 is 0.147. The van der Waals surface area contributed by atoms with Gasteiger partial charge >= 0.3 is 128 Å². The second-order valence-corrected chi connectivity index (χ2v) is 7.88. The van der Waals surface area contributed by atoms with Gasteiger partial charge in [-0.1, -0.05) is 0 Å². The van der Waals surface area contributed by atoms with E-state index in [2.05, 4.69) is 75.1 Å². The molecule has 0 heterocycles. The van der Waals surface area contributed by atoms with Gasteiger partial charge in [-0.25, -0.2) is 0 Å². The first-order valence-electron chi connectivity index (χ1n) is 6.63. The average Bonchev–Trinajstić information content (AvgIpc) is 2.39. The van der Waals surface area contributed by atoms with Crippen molar-refractivity contribution in [2.24, 2.45) is 0 Å². The minimum absolute atomic E-state index is 0.0784. The second kappa shape index (κ2) is 5.66. The summed E-state index contributed by atoms with van der Waals surface area (Å²) < 4.78 is 1.57. The fraction of sp³-hybridized carbons (Fsp3) is 0.333. The van der Waals surface area contributed by atoms with Gasteiger partial charge in [0.05, 0.1) is 0 Å². The monoisotopic (exact) mass is 365 g/mol. The van der Waals surface area contributed by atoms with Gasteiger partial charge in [-0.05, 0) is 0 Å². The summed E-state index contributed by atoms with van der Waals surface area (Å²) in [6, 6.07) is 15.9. The Morgan fingerprint density at radius 3 is 2.00 bits per heavy atom. The summed E-state index contributed by atoms with van der Waals surface area (Å²) in [6.45, 7) is 9.00. The van der Waals surface area contributed by atoms with Gasteiger partial charge < -0.3 is 0 Å². The molecule has 1 heteroatoms. The van der Waals surface area contributed by atoms with E-state index in [1.54, 1.807) is 3.57 Å². The van der Waals surface area contributed by atoms with Crippen LogP contribution in [0.1, 0.15) is 36.1 Å². The molecule has 2 aromatic rings. The van der Waals surface area contributed by atoms with Crippen LogP contribution in [0.2, 0.25) is 0 Å². The summed E-state index contributed by atoms with van der Waals surface area (Å²) in [5, 5.41) is 0. The third kappa shape index (κ3) is 3.02. The van der Waals surface area contributed by atoms with Crippen LogP contribution in [0.4, 0.5) is 0 Å². The van der Waals surface area contributed by atoms with E-state index in [4.69, 9.17) is 0 Å². The molecule has 0 saturated carbocycles. The van der Waals surface area contributed by atoms with Crippen LogP contribution in [0, 0.1) is 17.4 Å². The molecule has 0 saturated heterocycles. The predicted molar refractivity (Wildman–Crippen MR) is 79.1 cm³/mol. The van der Waals surface area contributed by atoms with E-state index in [-0.39, 0.29) is 26.6 Å². The molecule has 19 heavy (non-hydrogen) atoms. The quantitative estimate of drug-likeness (QED) is 0.572. The van der Waals surface area contributed by atoms with E-state index in [1.807, 2.05) is 0 Å². The molecule has 0 nitrogen and oxygen atoms in total. The normalized spacial score (nSPS) is 11.8. The number of alkyl halides is 1. The van der Waals surface area contributed by atoms with Gasteiger partial charge in [0.15, 0.2) is 0 Å². The molecular weight excluding hydrogens is 343 g/mol. The van der Waals surface area contributed by atoms with E-state index in [0.717, 1.165) is 0 Å². The summed E-state index contributed by atoms with van der Waals surface area (Å²) in [7, 11) is 0. The van der Waals surface area contributed by atoms with E-state index in [1.165, 1.54) is 22.3 Å². The number of halogens is 1. The molecule has 0 aliphatic rings. The van der Waals surface area contributed by atoms with Gasteiger partial charge in [-0.3, -0.25) is 0 Å². The van der Waals surface area contributed by atoms with Crippen LogP contribution in [0.5, 0.6) is 0 Å². The maximum absolute atomic E-state index is 2.42. The Balaban J connectivity index is 2.46. The molecule has 0 fully saturated rings. The maximum atomic E-state index is 2.42. The Labute approximate surface area is 127 Å². The molecule has 0 spiro atoms. The van der Waals surface area contributed by atoms with Crippen molar-refractivity contribution in [3.05, 3.63) is 68.3 Å². The Morgan fingerprint density at radius 2 is 1.42 bits per heavy atom. The molecule has 0 amide bonds. The summed E-state index contributed by atoms with van der Waals surface area (Å²) in [5.74, 6) is 0. The first-order valence-corrected chi connectivity index (χ1v) is 9.86. The first-order chi connectivity index (χ1) is 8.95. The number of rotatable bonds is 3. The molecule has 0 aliphatic heterocycles. The van der Waals surface area contributed by atoms with E-state index in [0.29, 0.717) is 0 Å². The van der Waals surface area contributed by atoms with Crippen molar-refractivity contribution in [3.63, 3.8) is 0 Å². The predicted octanol–water partition coefficient (Wildman–Crippen LogP) is 1.52. The third-order valence-corrected chi connectivity index (χ3v) is 6.19. The van der Waals surface area contributed by atoms with Crippen LogP contribution in [0.25, 0.3) is 0 Å². The molecule has 0 bridgehead atoms. The van der Waals surface area contributed by atoms with Crippen molar-refractivity contribution < 1.29 is 21.2 Å². The second-order valence-electron chi connectivity index (χ2n) is 5.64. The zero-order valence-electron chi connectivity index (χ0n) is 12.4. The van der Waals surface area contributed by atoms with Crippen molar-refractivity contribution >= 4 is 0 Å². The summed E-state index contributed by atoms with van der Waals surface area (Å²) in [6.07, 6.45) is 0. The van der Waals surface area contributed by atoms with Gasteiger partial charge in [-0.15, -0.1) is 0 Å². The Kier molecular flexibility index (Phi) is 4.34. The van der Waals surface area contributed by atoms with Crippen LogP contribution >= 0.6 is 0 Å². The van der Waals surface area contributed by atoms with E-state index < -0.39 is 0 Å². The van der Waals surface area contributed by atoms with Crippen molar-refractivity contribution in [1.82, 2.24) is 0 Å². The van der Waals surface area contributed by atoms with Crippen molar-refractivity contribution in [2.75, 3.05) is 4.93 Å². The molecule has 102 valence electrons. The Hall–Kier alpha value is -0.830. The number of hydrogen-bond acceptors (Lipinski definition) is 0. The topological polar surface area (TPSA) is 0 Å². The molecule has 0 atom stereocenters. The fourth-order valence-electron chi connectivity index (χ4n) is 2.32. The van der Waals surface area contributed by atoms with Crippen LogP contribution < -0.4 is 21.2 Å². The molecule has 2 rings (SSSR count). The van der Waals surface area contributed by atoms with Gasteiger partial charge in [0.25, 0.3) is 0 Å². The van der Waals surface area contributed by atoms with E-state index in [9.17, 15) is 0 Å².